The summed E-state index contributed by atoms with van der Waals surface area (Å²) in [7, 11) is 0. The number of carbonyl (C=O) groups excluding carboxylic acids is 2. The van der Waals surface area contributed by atoms with Crippen LogP contribution < -0.4 is 16.2 Å². The fourth-order valence-corrected chi connectivity index (χ4v) is 2.45. The van der Waals surface area contributed by atoms with Gasteiger partial charge in [0.25, 0.3) is 11.8 Å². The molecule has 0 saturated carbocycles. The largest absolute Gasteiger partial charge is 0.290 e. The van der Waals surface area contributed by atoms with E-state index in [9.17, 15) is 9.59 Å². The van der Waals surface area contributed by atoms with Crippen molar-refractivity contribution in [1.29, 1.82) is 0 Å². The molecule has 0 atom stereocenters. The maximum atomic E-state index is 12.0. The van der Waals surface area contributed by atoms with Crippen molar-refractivity contribution in [3.05, 3.63) is 69.6 Å². The Balaban J connectivity index is 1.70. The van der Waals surface area contributed by atoms with Crippen molar-refractivity contribution in [2.24, 2.45) is 4.99 Å². The Labute approximate surface area is 152 Å². The molecule has 3 rings (SSSR count). The maximum absolute atomic E-state index is 12.0. The van der Waals surface area contributed by atoms with Crippen LogP contribution in [-0.4, -0.2) is 22.8 Å². The molecule has 2 aromatic rings. The zero-order chi connectivity index (χ0) is 17.8. The van der Waals surface area contributed by atoms with E-state index in [4.69, 9.17) is 23.2 Å². The number of nitrogens with one attached hydrogen (secondary N) is 3. The summed E-state index contributed by atoms with van der Waals surface area (Å²) < 4.78 is 0. The average Bonchev–Trinajstić information content (AvgIpc) is 2.96. The summed E-state index contributed by atoms with van der Waals surface area (Å²) >= 11 is 11.9. The number of aliphatic imine (C=N–C) groups is 1. The molecule has 7 nitrogen and oxygen atoms in total. The molecule has 1 aliphatic rings. The second-order valence-electron chi connectivity index (χ2n) is 4.92. The number of benzene rings is 1. The number of nitrogens with zero attached hydrogens (tertiary/aromatic N) is 2. The van der Waals surface area contributed by atoms with E-state index in [1.54, 1.807) is 30.3 Å². The van der Waals surface area contributed by atoms with Crippen LogP contribution in [0, 0.1) is 0 Å². The van der Waals surface area contributed by atoms with Gasteiger partial charge in [-0.2, -0.15) is 0 Å². The number of hydrogen-bond acceptors (Lipinski definition) is 5. The summed E-state index contributed by atoms with van der Waals surface area (Å²) in [6, 6.07) is 8.02. The van der Waals surface area contributed by atoms with Crippen molar-refractivity contribution < 1.29 is 9.59 Å². The number of amides is 2. The first-order valence-electron chi connectivity index (χ1n) is 7.06. The summed E-state index contributed by atoms with van der Waals surface area (Å²) in [5, 5.41) is 3.39. The summed E-state index contributed by atoms with van der Waals surface area (Å²) in [5.41, 5.74) is 6.14. The Bertz CT molecular complexity index is 897. The van der Waals surface area contributed by atoms with Crippen LogP contribution in [-0.2, 0) is 4.79 Å². The molecular formula is C16H11Cl2N5O2. The molecule has 0 unspecified atom stereocenters. The number of halogens is 2. The summed E-state index contributed by atoms with van der Waals surface area (Å²) in [5.74, 6) is -0.715. The lowest BCUT2D eigenvalue weighted by Gasteiger charge is -2.06. The minimum atomic E-state index is -0.424. The zero-order valence-corrected chi connectivity index (χ0v) is 14.1. The van der Waals surface area contributed by atoms with Crippen LogP contribution in [0.2, 0.25) is 10.0 Å². The van der Waals surface area contributed by atoms with Gasteiger partial charge < -0.3 is 0 Å². The number of hydrogen-bond donors (Lipinski definition) is 3. The van der Waals surface area contributed by atoms with E-state index in [0.717, 1.165) is 0 Å². The number of pyridine rings is 1. The first-order chi connectivity index (χ1) is 12.0. The van der Waals surface area contributed by atoms with Crippen molar-refractivity contribution in [1.82, 2.24) is 21.2 Å². The van der Waals surface area contributed by atoms with Gasteiger partial charge in [-0.1, -0.05) is 29.3 Å². The molecule has 1 aromatic carbocycles. The highest BCUT2D eigenvalue weighted by atomic mass is 35.5. The van der Waals surface area contributed by atoms with Gasteiger partial charge in [0, 0.05) is 28.0 Å². The number of rotatable bonds is 2. The van der Waals surface area contributed by atoms with Crippen molar-refractivity contribution in [2.45, 2.75) is 0 Å². The predicted molar refractivity (Wildman–Crippen MR) is 94.9 cm³/mol. The SMILES string of the molecule is O=C1NC(NNC(=O)c2ccncc2)=N/C1=C\c1ccc(Cl)cc1Cl. The van der Waals surface area contributed by atoms with E-state index >= 15 is 0 Å². The third-order valence-electron chi connectivity index (χ3n) is 3.19. The van der Waals surface area contributed by atoms with Crippen LogP contribution in [0.5, 0.6) is 0 Å². The smallest absolute Gasteiger partial charge is 0.276 e. The van der Waals surface area contributed by atoms with Crippen LogP contribution in [0.15, 0.2) is 53.4 Å². The van der Waals surface area contributed by atoms with Crippen LogP contribution in [0.4, 0.5) is 0 Å². The normalized spacial score (nSPS) is 14.9. The van der Waals surface area contributed by atoms with Crippen molar-refractivity contribution in [3.63, 3.8) is 0 Å². The maximum Gasteiger partial charge on any atom is 0.276 e. The number of carbonyl (C=O) groups is 2. The van der Waals surface area contributed by atoms with Crippen LogP contribution in [0.25, 0.3) is 6.08 Å². The minimum Gasteiger partial charge on any atom is -0.290 e. The monoisotopic (exact) mass is 375 g/mol. The number of aromatic nitrogens is 1. The molecule has 2 heterocycles. The molecular weight excluding hydrogens is 365 g/mol. The van der Waals surface area contributed by atoms with E-state index in [0.29, 0.717) is 21.2 Å². The molecule has 126 valence electrons. The molecule has 0 fully saturated rings. The Morgan fingerprint density at radius 3 is 2.64 bits per heavy atom. The lowest BCUT2D eigenvalue weighted by atomic mass is 10.2. The summed E-state index contributed by atoms with van der Waals surface area (Å²) in [4.78, 5) is 31.8. The summed E-state index contributed by atoms with van der Waals surface area (Å²) in [6.07, 6.45) is 4.52. The quantitative estimate of drug-likeness (QED) is 0.553. The Kier molecular flexibility index (Phi) is 4.97. The molecule has 2 amide bonds. The molecule has 0 aliphatic carbocycles. The third kappa shape index (κ3) is 4.14. The lowest BCUT2D eigenvalue weighted by Crippen LogP contribution is -2.47. The number of hydrazine groups is 1. The Morgan fingerprint density at radius 1 is 1.16 bits per heavy atom. The molecule has 0 spiro atoms. The average molecular weight is 376 g/mol. The summed E-state index contributed by atoms with van der Waals surface area (Å²) in [6.45, 7) is 0. The Morgan fingerprint density at radius 2 is 1.92 bits per heavy atom. The van der Waals surface area contributed by atoms with Gasteiger partial charge >= 0.3 is 0 Å². The van der Waals surface area contributed by atoms with Crippen molar-refractivity contribution in [2.75, 3.05) is 0 Å². The second-order valence-corrected chi connectivity index (χ2v) is 5.77. The van der Waals surface area contributed by atoms with Gasteiger partial charge in [0.1, 0.15) is 5.70 Å². The topological polar surface area (TPSA) is 95.5 Å². The van der Waals surface area contributed by atoms with Gasteiger partial charge in [0.05, 0.1) is 0 Å². The lowest BCUT2D eigenvalue weighted by molar-refractivity contribution is -0.115. The molecule has 1 aromatic heterocycles. The first kappa shape index (κ1) is 16.9. The van der Waals surface area contributed by atoms with E-state index in [2.05, 4.69) is 26.1 Å². The minimum absolute atomic E-state index is 0.101. The highest BCUT2D eigenvalue weighted by molar-refractivity contribution is 6.35. The molecule has 0 saturated heterocycles. The standard InChI is InChI=1S/C16H11Cl2N5O2/c17-11-2-1-10(12(18)8-11)7-13-15(25)21-16(20-13)23-22-14(24)9-3-5-19-6-4-9/h1-8H,(H,22,24)(H2,20,21,23,25)/b13-7-. The van der Waals surface area contributed by atoms with Gasteiger partial charge in [-0.15, -0.1) is 0 Å². The van der Waals surface area contributed by atoms with Crippen molar-refractivity contribution in [3.8, 4) is 0 Å². The highest BCUT2D eigenvalue weighted by Gasteiger charge is 2.20. The Hall–Kier alpha value is -2.90. The number of guanidine groups is 1. The van der Waals surface area contributed by atoms with Crippen LogP contribution >= 0.6 is 23.2 Å². The first-order valence-corrected chi connectivity index (χ1v) is 7.82. The van der Waals surface area contributed by atoms with Gasteiger partial charge in [0.2, 0.25) is 5.96 Å². The van der Waals surface area contributed by atoms with Crippen LogP contribution in [0.1, 0.15) is 15.9 Å². The van der Waals surface area contributed by atoms with Crippen LogP contribution in [0.3, 0.4) is 0 Å². The second kappa shape index (κ2) is 7.33. The molecule has 9 heteroatoms. The third-order valence-corrected chi connectivity index (χ3v) is 3.75. The molecule has 25 heavy (non-hydrogen) atoms. The molecule has 3 N–H and O–H groups in total. The van der Waals surface area contributed by atoms with E-state index < -0.39 is 11.8 Å². The van der Waals surface area contributed by atoms with Crippen molar-refractivity contribution >= 4 is 47.1 Å². The molecule has 0 bridgehead atoms. The molecule has 0 radical (unpaired) electrons. The van der Waals surface area contributed by atoms with Gasteiger partial charge in [-0.05, 0) is 35.9 Å². The van der Waals surface area contributed by atoms with Gasteiger partial charge in [0.15, 0.2) is 0 Å². The van der Waals surface area contributed by atoms with E-state index in [1.807, 2.05) is 0 Å². The van der Waals surface area contributed by atoms with Gasteiger partial charge in [-0.3, -0.25) is 30.7 Å². The fraction of sp³-hybridized carbons (Fsp3) is 0. The van der Waals surface area contributed by atoms with Gasteiger partial charge in [-0.25, -0.2) is 4.99 Å². The van der Waals surface area contributed by atoms with E-state index in [1.165, 1.54) is 18.5 Å². The molecule has 1 aliphatic heterocycles. The van der Waals surface area contributed by atoms with E-state index in [-0.39, 0.29) is 11.7 Å². The highest BCUT2D eigenvalue weighted by Crippen LogP contribution is 2.23. The predicted octanol–water partition coefficient (Wildman–Crippen LogP) is 2.15. The zero-order valence-electron chi connectivity index (χ0n) is 12.6. The fourth-order valence-electron chi connectivity index (χ4n) is 1.99.